The van der Waals surface area contributed by atoms with Crippen LogP contribution in [0.3, 0.4) is 0 Å². The number of hydrogen-bond acceptors (Lipinski definition) is 4. The van der Waals surface area contributed by atoms with Crippen molar-refractivity contribution < 1.29 is 23.8 Å². The summed E-state index contributed by atoms with van der Waals surface area (Å²) < 4.78 is 19.9. The molecule has 4 aliphatic carbocycles. The quantitative estimate of drug-likeness (QED) is 0.549. The lowest BCUT2D eigenvalue weighted by atomic mass is 9.42. The normalized spacial score (nSPS) is 52.8. The number of carbonyl (C=O) groups is 2. The van der Waals surface area contributed by atoms with Crippen LogP contribution in [-0.4, -0.2) is 34.2 Å². The van der Waals surface area contributed by atoms with Gasteiger partial charge in [-0.05, 0) is 56.3 Å². The van der Waals surface area contributed by atoms with Gasteiger partial charge >= 0.3 is 5.97 Å². The van der Waals surface area contributed by atoms with Crippen LogP contribution in [0.1, 0.15) is 72.1 Å². The number of halogens is 1. The van der Waals surface area contributed by atoms with Gasteiger partial charge in [0.15, 0.2) is 11.4 Å². The molecule has 2 unspecified atom stereocenters. The van der Waals surface area contributed by atoms with Crippen molar-refractivity contribution in [2.24, 2.45) is 28.6 Å². The zero-order valence-corrected chi connectivity index (χ0v) is 17.1. The van der Waals surface area contributed by atoms with Gasteiger partial charge in [0.1, 0.15) is 11.8 Å². The molecule has 5 heteroatoms. The van der Waals surface area contributed by atoms with Crippen molar-refractivity contribution in [1.29, 1.82) is 0 Å². The van der Waals surface area contributed by atoms with Crippen molar-refractivity contribution in [2.45, 2.75) is 89.5 Å². The Bertz CT molecular complexity index is 758. The number of Topliss-reactive ketones (excluding diaryl/α,β-unsaturated/α-hetero) is 1. The van der Waals surface area contributed by atoms with E-state index in [2.05, 4.69) is 12.8 Å². The topological polar surface area (TPSA) is 63.6 Å². The van der Waals surface area contributed by atoms with E-state index in [0.717, 1.165) is 19.3 Å². The van der Waals surface area contributed by atoms with Gasteiger partial charge in [0.05, 0.1) is 0 Å². The molecule has 4 aliphatic rings. The van der Waals surface area contributed by atoms with E-state index >= 15 is 0 Å². The second-order valence-corrected chi connectivity index (χ2v) is 10.2. The fraction of sp³-hybridized carbons (Fsp3) is 0.826. The molecular weight excluding hydrogens is 359 g/mol. The average molecular weight is 390 g/mol. The largest absolute Gasteiger partial charge is 0.445 e. The van der Waals surface area contributed by atoms with Crippen LogP contribution >= 0.6 is 0 Å². The maximum Gasteiger partial charge on any atom is 0.304 e. The predicted octanol–water partition coefficient (Wildman–Crippen LogP) is 3.60. The first-order valence-corrected chi connectivity index (χ1v) is 10.6. The highest BCUT2D eigenvalue weighted by atomic mass is 19.1. The van der Waals surface area contributed by atoms with E-state index in [-0.39, 0.29) is 47.8 Å². The van der Waals surface area contributed by atoms with E-state index in [4.69, 9.17) is 11.2 Å². The Balaban J connectivity index is 1.72. The first kappa shape index (κ1) is 19.9. The monoisotopic (exact) mass is 390 g/mol. The highest BCUT2D eigenvalue weighted by Gasteiger charge is 2.70. The molecule has 154 valence electrons. The fourth-order valence-corrected chi connectivity index (χ4v) is 7.67. The molecular formula is C23H31FO4. The summed E-state index contributed by atoms with van der Waals surface area (Å²) in [6.45, 7) is 5.49. The Kier molecular flexibility index (Phi) is 4.29. The van der Waals surface area contributed by atoms with Crippen LogP contribution < -0.4 is 0 Å². The minimum Gasteiger partial charge on any atom is -0.445 e. The fourth-order valence-electron chi connectivity index (χ4n) is 7.67. The molecule has 0 saturated heterocycles. The summed E-state index contributed by atoms with van der Waals surface area (Å²) >= 11 is 0. The minimum absolute atomic E-state index is 0.0742. The second kappa shape index (κ2) is 6.05. The Labute approximate surface area is 166 Å². The van der Waals surface area contributed by atoms with Gasteiger partial charge in [0.2, 0.25) is 0 Å². The Morgan fingerprint density at radius 2 is 1.79 bits per heavy atom. The summed E-state index contributed by atoms with van der Waals surface area (Å²) in [4.78, 5) is 24.9. The van der Waals surface area contributed by atoms with Crippen molar-refractivity contribution in [2.75, 3.05) is 0 Å². The number of alkyl halides is 1. The molecule has 4 fully saturated rings. The van der Waals surface area contributed by atoms with E-state index in [1.54, 1.807) is 0 Å². The number of ketones is 1. The third-order valence-corrected chi connectivity index (χ3v) is 9.25. The van der Waals surface area contributed by atoms with Gasteiger partial charge in [-0.15, -0.1) is 6.42 Å². The van der Waals surface area contributed by atoms with Gasteiger partial charge in [-0.2, -0.15) is 0 Å². The van der Waals surface area contributed by atoms with Crippen LogP contribution in [-0.2, 0) is 14.3 Å². The van der Waals surface area contributed by atoms with Gasteiger partial charge < -0.3 is 9.84 Å². The average Bonchev–Trinajstić information content (AvgIpc) is 2.90. The van der Waals surface area contributed by atoms with Crippen molar-refractivity contribution in [1.82, 2.24) is 0 Å². The lowest BCUT2D eigenvalue weighted by molar-refractivity contribution is -0.214. The number of hydrogen-bond donors (Lipinski definition) is 1. The summed E-state index contributed by atoms with van der Waals surface area (Å²) in [5.41, 5.74) is -3.46. The van der Waals surface area contributed by atoms with E-state index in [1.807, 2.05) is 6.92 Å². The molecule has 0 radical (unpaired) electrons. The summed E-state index contributed by atoms with van der Waals surface area (Å²) in [7, 11) is 0. The third kappa shape index (κ3) is 2.27. The molecule has 4 nitrogen and oxygen atoms in total. The maximum absolute atomic E-state index is 14.1. The number of fused-ring (bicyclic) bond motifs is 5. The van der Waals surface area contributed by atoms with Crippen LogP contribution in [0.4, 0.5) is 4.39 Å². The summed E-state index contributed by atoms with van der Waals surface area (Å²) in [5, 5.41) is 11.3. The number of terminal acetylenes is 1. The number of rotatable bonds is 1. The molecule has 0 aromatic carbocycles. The summed E-state index contributed by atoms with van der Waals surface area (Å²) in [6.07, 6.45) is 8.92. The van der Waals surface area contributed by atoms with Gasteiger partial charge in [-0.25, -0.2) is 4.39 Å². The lowest BCUT2D eigenvalue weighted by Crippen LogP contribution is -2.67. The van der Waals surface area contributed by atoms with Crippen molar-refractivity contribution in [3.63, 3.8) is 0 Å². The predicted molar refractivity (Wildman–Crippen MR) is 102 cm³/mol. The summed E-state index contributed by atoms with van der Waals surface area (Å²) in [6, 6.07) is 0. The highest BCUT2D eigenvalue weighted by Crippen LogP contribution is 2.69. The molecule has 8 atom stereocenters. The molecule has 0 bridgehead atoms. The van der Waals surface area contributed by atoms with Crippen molar-refractivity contribution in [3.8, 4) is 12.3 Å². The molecule has 0 amide bonds. The van der Waals surface area contributed by atoms with Crippen LogP contribution in [0.5, 0.6) is 0 Å². The molecule has 0 aromatic rings. The van der Waals surface area contributed by atoms with Crippen molar-refractivity contribution in [3.05, 3.63) is 0 Å². The minimum atomic E-state index is -1.56. The smallest absolute Gasteiger partial charge is 0.304 e. The van der Waals surface area contributed by atoms with Crippen LogP contribution in [0.15, 0.2) is 0 Å². The molecule has 4 saturated carbocycles. The molecule has 0 spiro atoms. The van der Waals surface area contributed by atoms with Crippen molar-refractivity contribution >= 4 is 11.8 Å². The van der Waals surface area contributed by atoms with E-state index in [9.17, 15) is 19.1 Å². The second-order valence-electron chi connectivity index (χ2n) is 10.2. The molecule has 1 N–H and O–H groups in total. The van der Waals surface area contributed by atoms with Gasteiger partial charge in [0, 0.05) is 30.6 Å². The Hall–Kier alpha value is -1.41. The molecule has 0 aromatic heterocycles. The molecule has 28 heavy (non-hydrogen) atoms. The van der Waals surface area contributed by atoms with Crippen LogP contribution in [0.25, 0.3) is 0 Å². The number of esters is 1. The maximum atomic E-state index is 14.1. The third-order valence-electron chi connectivity index (χ3n) is 9.25. The standard InChI is InChI=1S/C23H31FO4/c1-5-22(28-14(2)25)11-8-17-16-12-19(26)23(27)13-15(24)6-9-21(23,4)18(16)7-10-20(17,22)3/h1,15-18,27H,6-13H2,2-4H3/t15?,16-,17-,18-,20-,21+,22+,23?/m0/s1. The highest BCUT2D eigenvalue weighted by molar-refractivity contribution is 5.89. The molecule has 0 heterocycles. The van der Waals surface area contributed by atoms with Gasteiger partial charge in [0.25, 0.3) is 0 Å². The van der Waals surface area contributed by atoms with E-state index in [1.165, 1.54) is 6.92 Å². The number of ether oxygens (including phenoxy) is 1. The lowest BCUT2D eigenvalue weighted by Gasteiger charge is -2.63. The zero-order valence-electron chi connectivity index (χ0n) is 17.1. The van der Waals surface area contributed by atoms with Gasteiger partial charge in [-0.3, -0.25) is 9.59 Å². The first-order valence-electron chi connectivity index (χ1n) is 10.6. The zero-order chi connectivity index (χ0) is 20.5. The summed E-state index contributed by atoms with van der Waals surface area (Å²) in [5.74, 6) is 2.64. The van der Waals surface area contributed by atoms with Crippen LogP contribution in [0.2, 0.25) is 0 Å². The van der Waals surface area contributed by atoms with E-state index < -0.39 is 22.8 Å². The number of carbonyl (C=O) groups excluding carboxylic acids is 2. The Morgan fingerprint density at radius 1 is 1.18 bits per heavy atom. The first-order chi connectivity index (χ1) is 13.0. The SMILES string of the molecule is C#C[C@@]1(OC(C)=O)CC[C@H]2[C@@H]3CC(=O)C4(O)CC(F)CC[C@]4(C)[C@H]3CC[C@@]21C. The van der Waals surface area contributed by atoms with Crippen LogP contribution in [0, 0.1) is 40.9 Å². The number of aliphatic hydroxyl groups is 1. The Morgan fingerprint density at radius 3 is 2.43 bits per heavy atom. The molecule has 0 aliphatic heterocycles. The van der Waals surface area contributed by atoms with Gasteiger partial charge in [-0.1, -0.05) is 19.8 Å². The van der Waals surface area contributed by atoms with E-state index in [0.29, 0.717) is 19.3 Å². The molecule has 4 rings (SSSR count).